The van der Waals surface area contributed by atoms with Gasteiger partial charge in [-0.15, -0.1) is 0 Å². The van der Waals surface area contributed by atoms with Crippen LogP contribution in [0.3, 0.4) is 0 Å². The van der Waals surface area contributed by atoms with Gasteiger partial charge in [0, 0.05) is 17.1 Å². The second-order valence-corrected chi connectivity index (χ2v) is 10.2. The maximum absolute atomic E-state index is 12.7. The average Bonchev–Trinajstić information content (AvgIpc) is 3.09. The van der Waals surface area contributed by atoms with Crippen molar-refractivity contribution in [1.29, 1.82) is 0 Å². The first-order valence-electron chi connectivity index (χ1n) is 9.87. The van der Waals surface area contributed by atoms with Gasteiger partial charge in [-0.1, -0.05) is 11.6 Å². The molecule has 10 heteroatoms. The van der Waals surface area contributed by atoms with Crippen molar-refractivity contribution >= 4 is 38.3 Å². The van der Waals surface area contributed by atoms with E-state index in [1.807, 2.05) is 0 Å². The van der Waals surface area contributed by atoms with E-state index in [1.54, 1.807) is 37.3 Å². The number of rotatable bonds is 6. The van der Waals surface area contributed by atoms with Crippen LogP contribution in [-0.4, -0.2) is 38.0 Å². The largest absolute Gasteiger partial charge is 0.481 e. The molecule has 1 saturated heterocycles. The van der Waals surface area contributed by atoms with E-state index in [9.17, 15) is 18.0 Å². The van der Waals surface area contributed by atoms with E-state index in [2.05, 4.69) is 5.32 Å². The normalized spacial score (nSPS) is 18.2. The van der Waals surface area contributed by atoms with Crippen LogP contribution in [0.2, 0.25) is 5.02 Å². The molecule has 2 heterocycles. The fraction of sp³-hybridized carbons (Fsp3) is 0.273. The van der Waals surface area contributed by atoms with Crippen LogP contribution in [0.5, 0.6) is 17.2 Å². The molecule has 1 N–H and O–H groups in total. The fourth-order valence-corrected chi connectivity index (χ4v) is 5.15. The lowest BCUT2D eigenvalue weighted by molar-refractivity contribution is -0.127. The number of ether oxygens (including phenoxy) is 2. The average molecular weight is 478 g/mol. The molecular formula is C22H20ClNO7S. The molecule has 8 nitrogen and oxygen atoms in total. The van der Waals surface area contributed by atoms with Crippen LogP contribution in [0.15, 0.2) is 57.9 Å². The summed E-state index contributed by atoms with van der Waals surface area (Å²) in [5.74, 6) is 0.380. The number of benzene rings is 2. The summed E-state index contributed by atoms with van der Waals surface area (Å²) >= 11 is 5.85. The summed E-state index contributed by atoms with van der Waals surface area (Å²) in [4.78, 5) is 25.1. The molecule has 1 fully saturated rings. The third-order valence-electron chi connectivity index (χ3n) is 5.02. The van der Waals surface area contributed by atoms with Gasteiger partial charge in [-0.3, -0.25) is 9.59 Å². The summed E-state index contributed by atoms with van der Waals surface area (Å²) in [7, 11) is -3.09. The quantitative estimate of drug-likeness (QED) is 0.579. The minimum atomic E-state index is -3.09. The van der Waals surface area contributed by atoms with Gasteiger partial charge in [0.25, 0.3) is 5.91 Å². The van der Waals surface area contributed by atoms with Crippen LogP contribution in [0, 0.1) is 0 Å². The Bertz CT molecular complexity index is 1320. The van der Waals surface area contributed by atoms with Crippen LogP contribution in [0.25, 0.3) is 11.0 Å². The molecule has 0 spiro atoms. The number of carbonyl (C=O) groups is 1. The van der Waals surface area contributed by atoms with Gasteiger partial charge < -0.3 is 19.2 Å². The SMILES string of the molecule is C[C@H](Oc1ccc2c(=O)c(Oc3ccc(Cl)cc3)coc2c1)C(=O)N[C@@H]1CCS(=O)(=O)C1. The third kappa shape index (κ3) is 5.05. The molecule has 0 aliphatic carbocycles. The number of nitrogens with one attached hydrogen (secondary N) is 1. The molecule has 0 bridgehead atoms. The number of carbonyl (C=O) groups excluding carboxylic acids is 1. The molecule has 168 valence electrons. The van der Waals surface area contributed by atoms with Gasteiger partial charge in [-0.05, 0) is 49.7 Å². The van der Waals surface area contributed by atoms with Gasteiger partial charge >= 0.3 is 0 Å². The molecule has 1 aliphatic heterocycles. The maximum atomic E-state index is 12.7. The van der Waals surface area contributed by atoms with E-state index < -0.39 is 27.9 Å². The Morgan fingerprint density at radius 3 is 2.59 bits per heavy atom. The summed E-state index contributed by atoms with van der Waals surface area (Å²) in [5, 5.41) is 3.53. The molecule has 1 aromatic heterocycles. The Hall–Kier alpha value is -3.04. The summed E-state index contributed by atoms with van der Waals surface area (Å²) in [6, 6.07) is 10.7. The van der Waals surface area contributed by atoms with Crippen molar-refractivity contribution in [3.63, 3.8) is 0 Å². The summed E-state index contributed by atoms with van der Waals surface area (Å²) in [5.41, 5.74) is -0.0913. The van der Waals surface area contributed by atoms with Crippen LogP contribution in [-0.2, 0) is 14.6 Å². The molecule has 1 aliphatic rings. The zero-order valence-electron chi connectivity index (χ0n) is 17.0. The smallest absolute Gasteiger partial charge is 0.261 e. The van der Waals surface area contributed by atoms with Crippen molar-refractivity contribution < 1.29 is 27.1 Å². The molecule has 2 atom stereocenters. The minimum Gasteiger partial charge on any atom is -0.481 e. The van der Waals surface area contributed by atoms with E-state index in [-0.39, 0.29) is 33.7 Å². The number of fused-ring (bicyclic) bond motifs is 1. The summed E-state index contributed by atoms with van der Waals surface area (Å²) in [6.07, 6.45) is 0.734. The highest BCUT2D eigenvalue weighted by molar-refractivity contribution is 7.91. The van der Waals surface area contributed by atoms with Gasteiger partial charge in [-0.25, -0.2) is 8.42 Å². The van der Waals surface area contributed by atoms with Crippen molar-refractivity contribution in [2.45, 2.75) is 25.5 Å². The van der Waals surface area contributed by atoms with Crippen LogP contribution >= 0.6 is 11.6 Å². The Morgan fingerprint density at radius 2 is 1.91 bits per heavy atom. The fourth-order valence-electron chi connectivity index (χ4n) is 3.35. The molecule has 0 radical (unpaired) electrons. The van der Waals surface area contributed by atoms with Crippen LogP contribution in [0.4, 0.5) is 0 Å². The molecule has 0 unspecified atom stereocenters. The lowest BCUT2D eigenvalue weighted by Crippen LogP contribution is -2.43. The maximum Gasteiger partial charge on any atom is 0.261 e. The Morgan fingerprint density at radius 1 is 1.19 bits per heavy atom. The lowest BCUT2D eigenvalue weighted by Gasteiger charge is -2.17. The highest BCUT2D eigenvalue weighted by Gasteiger charge is 2.30. The predicted molar refractivity (Wildman–Crippen MR) is 119 cm³/mol. The third-order valence-corrected chi connectivity index (χ3v) is 7.04. The van der Waals surface area contributed by atoms with Crippen molar-refractivity contribution in [3.8, 4) is 17.2 Å². The van der Waals surface area contributed by atoms with E-state index in [4.69, 9.17) is 25.5 Å². The lowest BCUT2D eigenvalue weighted by atomic mass is 10.2. The first-order chi connectivity index (χ1) is 15.2. The number of sulfone groups is 1. The zero-order chi connectivity index (χ0) is 22.9. The Labute approximate surface area is 189 Å². The number of hydrogen-bond acceptors (Lipinski definition) is 7. The highest BCUT2D eigenvalue weighted by atomic mass is 35.5. The van der Waals surface area contributed by atoms with Gasteiger partial charge in [0.2, 0.25) is 11.2 Å². The van der Waals surface area contributed by atoms with Crippen LogP contribution < -0.4 is 20.2 Å². The topological polar surface area (TPSA) is 112 Å². The number of halogens is 1. The Kier molecular flexibility index (Phi) is 6.12. The van der Waals surface area contributed by atoms with Crippen LogP contribution in [0.1, 0.15) is 13.3 Å². The van der Waals surface area contributed by atoms with Gasteiger partial charge in [0.05, 0.1) is 16.9 Å². The minimum absolute atomic E-state index is 0.0211. The molecule has 4 rings (SSSR count). The summed E-state index contributed by atoms with van der Waals surface area (Å²) < 4.78 is 39.9. The molecule has 1 amide bonds. The molecule has 0 saturated carbocycles. The first kappa shape index (κ1) is 22.2. The van der Waals surface area contributed by atoms with Crippen molar-refractivity contribution in [1.82, 2.24) is 5.32 Å². The molecule has 3 aromatic rings. The summed E-state index contributed by atoms with van der Waals surface area (Å²) in [6.45, 7) is 1.56. The van der Waals surface area contributed by atoms with Gasteiger partial charge in [0.15, 0.2) is 15.9 Å². The second-order valence-electron chi connectivity index (χ2n) is 7.51. The standard InChI is InChI=1S/C22H20ClNO7S/c1-13(22(26)24-15-8-9-32(27,28)12-15)30-17-6-7-18-19(10-17)29-11-20(21(18)25)31-16-4-2-14(23)3-5-16/h2-7,10-11,13,15H,8-9,12H2,1H3,(H,24,26)/t13-,15+/m0/s1. The number of amides is 1. The van der Waals surface area contributed by atoms with E-state index in [1.165, 1.54) is 18.4 Å². The first-order valence-corrected chi connectivity index (χ1v) is 12.1. The van der Waals surface area contributed by atoms with Gasteiger partial charge in [0.1, 0.15) is 23.3 Å². The number of hydrogen-bond donors (Lipinski definition) is 1. The van der Waals surface area contributed by atoms with E-state index >= 15 is 0 Å². The Balaban J connectivity index is 1.45. The van der Waals surface area contributed by atoms with E-state index in [0.717, 1.165) is 0 Å². The monoisotopic (exact) mass is 477 g/mol. The highest BCUT2D eigenvalue weighted by Crippen LogP contribution is 2.25. The molecule has 2 aromatic carbocycles. The van der Waals surface area contributed by atoms with Crippen molar-refractivity contribution in [2.24, 2.45) is 0 Å². The second kappa shape index (κ2) is 8.84. The molecule has 32 heavy (non-hydrogen) atoms. The zero-order valence-corrected chi connectivity index (χ0v) is 18.6. The van der Waals surface area contributed by atoms with E-state index in [0.29, 0.717) is 22.9 Å². The van der Waals surface area contributed by atoms with Crippen molar-refractivity contribution in [3.05, 3.63) is 64.0 Å². The molecular weight excluding hydrogens is 458 g/mol. The predicted octanol–water partition coefficient (Wildman–Crippen LogP) is 3.31. The van der Waals surface area contributed by atoms with Gasteiger partial charge in [-0.2, -0.15) is 0 Å². The van der Waals surface area contributed by atoms with Crippen molar-refractivity contribution in [2.75, 3.05) is 11.5 Å².